The van der Waals surface area contributed by atoms with E-state index in [9.17, 15) is 4.39 Å². The van der Waals surface area contributed by atoms with Crippen molar-refractivity contribution in [3.63, 3.8) is 0 Å². The molecule has 1 aliphatic heterocycles. The third-order valence-corrected chi connectivity index (χ3v) is 3.40. The zero-order valence-electron chi connectivity index (χ0n) is 10.9. The van der Waals surface area contributed by atoms with Crippen molar-refractivity contribution in [3.05, 3.63) is 29.6 Å². The van der Waals surface area contributed by atoms with Gasteiger partial charge in [-0.25, -0.2) is 4.39 Å². The van der Waals surface area contributed by atoms with Gasteiger partial charge in [0, 0.05) is 30.8 Å². The van der Waals surface area contributed by atoms with Crippen molar-refractivity contribution in [2.24, 2.45) is 0 Å². The lowest BCUT2D eigenvalue weighted by molar-refractivity contribution is 0.0831. The van der Waals surface area contributed by atoms with Gasteiger partial charge in [-0.1, -0.05) is 6.07 Å². The first kappa shape index (κ1) is 13.3. The summed E-state index contributed by atoms with van der Waals surface area (Å²) in [6.07, 6.45) is 2.46. The van der Waals surface area contributed by atoms with E-state index in [1.54, 1.807) is 12.1 Å². The molecule has 0 aromatic heterocycles. The molecule has 100 valence electrons. The van der Waals surface area contributed by atoms with E-state index < -0.39 is 0 Å². The molecule has 1 fully saturated rings. The molecule has 1 saturated heterocycles. The minimum absolute atomic E-state index is 0.235. The van der Waals surface area contributed by atoms with E-state index >= 15 is 0 Å². The highest BCUT2D eigenvalue weighted by molar-refractivity contribution is 5.28. The maximum Gasteiger partial charge on any atom is 0.131 e. The molecule has 1 heterocycles. The quantitative estimate of drug-likeness (QED) is 0.874. The van der Waals surface area contributed by atoms with Crippen molar-refractivity contribution < 1.29 is 13.9 Å². The average Bonchev–Trinajstić information content (AvgIpc) is 2.90. The van der Waals surface area contributed by atoms with Crippen LogP contribution in [0.3, 0.4) is 0 Å². The van der Waals surface area contributed by atoms with Crippen molar-refractivity contribution in [2.75, 3.05) is 13.7 Å². The fourth-order valence-electron chi connectivity index (χ4n) is 2.20. The van der Waals surface area contributed by atoms with Crippen LogP contribution in [0.2, 0.25) is 0 Å². The lowest BCUT2D eigenvalue weighted by Gasteiger charge is -2.20. The summed E-state index contributed by atoms with van der Waals surface area (Å²) in [5.74, 6) is 0.310. The molecule has 2 unspecified atom stereocenters. The maximum atomic E-state index is 13.7. The second kappa shape index (κ2) is 6.16. The van der Waals surface area contributed by atoms with Crippen LogP contribution in [0.15, 0.2) is 18.2 Å². The number of methoxy groups -OCH3 is 1. The fourth-order valence-corrected chi connectivity index (χ4v) is 2.20. The summed E-state index contributed by atoms with van der Waals surface area (Å²) < 4.78 is 24.3. The average molecular weight is 253 g/mol. The van der Waals surface area contributed by atoms with E-state index in [0.29, 0.717) is 17.9 Å². The normalized spacial score (nSPS) is 20.9. The minimum atomic E-state index is -0.235. The van der Waals surface area contributed by atoms with Crippen molar-refractivity contribution in [2.45, 2.75) is 38.5 Å². The molecule has 0 bridgehead atoms. The van der Waals surface area contributed by atoms with Gasteiger partial charge in [-0.2, -0.15) is 0 Å². The first-order valence-electron chi connectivity index (χ1n) is 6.38. The third-order valence-electron chi connectivity index (χ3n) is 3.40. The van der Waals surface area contributed by atoms with E-state index in [-0.39, 0.29) is 18.0 Å². The summed E-state index contributed by atoms with van der Waals surface area (Å²) in [6.45, 7) is 3.43. The summed E-state index contributed by atoms with van der Waals surface area (Å²) in [4.78, 5) is 0. The monoisotopic (exact) mass is 253 g/mol. The lowest BCUT2D eigenvalue weighted by atomic mass is 10.1. The van der Waals surface area contributed by atoms with Crippen molar-refractivity contribution in [1.29, 1.82) is 0 Å². The summed E-state index contributed by atoms with van der Waals surface area (Å²) in [7, 11) is 1.53. The summed E-state index contributed by atoms with van der Waals surface area (Å²) in [5.41, 5.74) is 0.653. The Morgan fingerprint density at radius 1 is 1.56 bits per heavy atom. The van der Waals surface area contributed by atoms with Crippen molar-refractivity contribution in [1.82, 2.24) is 5.32 Å². The Morgan fingerprint density at radius 2 is 2.39 bits per heavy atom. The van der Waals surface area contributed by atoms with Crippen LogP contribution in [0.25, 0.3) is 0 Å². The number of ether oxygens (including phenoxy) is 2. The Balaban J connectivity index is 1.89. The Morgan fingerprint density at radius 3 is 3.00 bits per heavy atom. The molecule has 2 atom stereocenters. The molecule has 1 aliphatic rings. The topological polar surface area (TPSA) is 30.5 Å². The van der Waals surface area contributed by atoms with Gasteiger partial charge in [0.1, 0.15) is 11.6 Å². The summed E-state index contributed by atoms with van der Waals surface area (Å²) in [5, 5.41) is 3.31. The molecule has 3 nitrogen and oxygen atoms in total. The van der Waals surface area contributed by atoms with Crippen LogP contribution in [0.4, 0.5) is 4.39 Å². The van der Waals surface area contributed by atoms with Crippen LogP contribution in [0, 0.1) is 5.82 Å². The van der Waals surface area contributed by atoms with Crippen molar-refractivity contribution in [3.8, 4) is 5.75 Å². The van der Waals surface area contributed by atoms with E-state index in [2.05, 4.69) is 12.2 Å². The second-order valence-corrected chi connectivity index (χ2v) is 4.68. The zero-order chi connectivity index (χ0) is 13.0. The summed E-state index contributed by atoms with van der Waals surface area (Å²) >= 11 is 0. The predicted molar refractivity (Wildman–Crippen MR) is 68.2 cm³/mol. The summed E-state index contributed by atoms with van der Waals surface area (Å²) in [6, 6.07) is 5.18. The smallest absolute Gasteiger partial charge is 0.131 e. The molecule has 2 rings (SSSR count). The van der Waals surface area contributed by atoms with Gasteiger partial charge < -0.3 is 14.8 Å². The van der Waals surface area contributed by atoms with E-state index in [0.717, 1.165) is 19.4 Å². The third kappa shape index (κ3) is 3.21. The fraction of sp³-hybridized carbons (Fsp3) is 0.571. The molecule has 4 heteroatoms. The molecular weight excluding hydrogens is 233 g/mol. The van der Waals surface area contributed by atoms with Crippen LogP contribution in [-0.4, -0.2) is 25.9 Å². The molecule has 18 heavy (non-hydrogen) atoms. The highest BCUT2D eigenvalue weighted by Gasteiger charge is 2.21. The number of nitrogens with one attached hydrogen (secondary N) is 1. The van der Waals surface area contributed by atoms with Gasteiger partial charge >= 0.3 is 0 Å². The van der Waals surface area contributed by atoms with E-state index in [1.165, 1.54) is 13.2 Å². The molecule has 1 aromatic carbocycles. The SMILES string of the molecule is COc1ccc(CNC(C)C2CCCO2)c(F)c1. The van der Waals surface area contributed by atoms with Gasteiger partial charge in [0.2, 0.25) is 0 Å². The Labute approximate surface area is 107 Å². The molecule has 0 saturated carbocycles. The van der Waals surface area contributed by atoms with Crippen LogP contribution in [0.5, 0.6) is 5.75 Å². The van der Waals surface area contributed by atoms with Gasteiger partial charge in [0.25, 0.3) is 0 Å². The largest absolute Gasteiger partial charge is 0.497 e. The lowest BCUT2D eigenvalue weighted by Crippen LogP contribution is -2.36. The Bertz CT molecular complexity index is 391. The first-order valence-corrected chi connectivity index (χ1v) is 6.38. The zero-order valence-corrected chi connectivity index (χ0v) is 10.9. The number of halogens is 1. The molecule has 0 amide bonds. The first-order chi connectivity index (χ1) is 8.70. The van der Waals surface area contributed by atoms with Gasteiger partial charge in [0.05, 0.1) is 13.2 Å². The van der Waals surface area contributed by atoms with Crippen LogP contribution in [0.1, 0.15) is 25.3 Å². The Hall–Kier alpha value is -1.13. The van der Waals surface area contributed by atoms with Crippen LogP contribution >= 0.6 is 0 Å². The molecule has 0 aliphatic carbocycles. The number of benzene rings is 1. The highest BCUT2D eigenvalue weighted by Crippen LogP contribution is 2.18. The standard InChI is InChI=1S/C14H20FNO2/c1-10(14-4-3-7-18-14)16-9-11-5-6-12(17-2)8-13(11)15/h5-6,8,10,14,16H,3-4,7,9H2,1-2H3. The molecular formula is C14H20FNO2. The number of hydrogen-bond donors (Lipinski definition) is 1. The molecule has 0 radical (unpaired) electrons. The number of rotatable bonds is 5. The molecule has 1 N–H and O–H groups in total. The van der Waals surface area contributed by atoms with Gasteiger partial charge in [0.15, 0.2) is 0 Å². The second-order valence-electron chi connectivity index (χ2n) is 4.68. The van der Waals surface area contributed by atoms with Gasteiger partial charge in [-0.3, -0.25) is 0 Å². The van der Waals surface area contributed by atoms with Crippen molar-refractivity contribution >= 4 is 0 Å². The van der Waals surface area contributed by atoms with Crippen LogP contribution < -0.4 is 10.1 Å². The molecule has 1 aromatic rings. The van der Waals surface area contributed by atoms with Gasteiger partial charge in [-0.05, 0) is 25.8 Å². The predicted octanol–water partition coefficient (Wildman–Crippen LogP) is 2.49. The maximum absolute atomic E-state index is 13.7. The Kier molecular flexibility index (Phi) is 4.55. The van der Waals surface area contributed by atoms with E-state index in [4.69, 9.17) is 9.47 Å². The van der Waals surface area contributed by atoms with E-state index in [1.807, 2.05) is 0 Å². The minimum Gasteiger partial charge on any atom is -0.497 e. The number of hydrogen-bond acceptors (Lipinski definition) is 3. The van der Waals surface area contributed by atoms with Crippen LogP contribution in [-0.2, 0) is 11.3 Å². The van der Waals surface area contributed by atoms with Gasteiger partial charge in [-0.15, -0.1) is 0 Å². The molecule has 0 spiro atoms. The highest BCUT2D eigenvalue weighted by atomic mass is 19.1.